The highest BCUT2D eigenvalue weighted by molar-refractivity contribution is 5.80. The van der Waals surface area contributed by atoms with Gasteiger partial charge in [-0.05, 0) is 23.3 Å². The lowest BCUT2D eigenvalue weighted by molar-refractivity contribution is -0.384. The summed E-state index contributed by atoms with van der Waals surface area (Å²) >= 11 is 0. The van der Waals surface area contributed by atoms with E-state index in [0.29, 0.717) is 5.95 Å². The molecule has 0 aliphatic rings. The Bertz CT molecular complexity index is 846. The van der Waals surface area contributed by atoms with Crippen molar-refractivity contribution in [3.05, 3.63) is 82.7 Å². The van der Waals surface area contributed by atoms with E-state index in [1.807, 2.05) is 30.3 Å². The van der Waals surface area contributed by atoms with Gasteiger partial charge < -0.3 is 0 Å². The number of nitrogens with one attached hydrogen (secondary N) is 1. The lowest BCUT2D eigenvalue weighted by Crippen LogP contribution is -1.97. The number of rotatable bonds is 5. The molecular formula is C17H13N5O2. The molecule has 1 aromatic heterocycles. The monoisotopic (exact) mass is 319 g/mol. The molecule has 1 N–H and O–H groups in total. The van der Waals surface area contributed by atoms with Crippen LogP contribution in [0.3, 0.4) is 0 Å². The van der Waals surface area contributed by atoms with Crippen LogP contribution in [0, 0.1) is 10.1 Å². The topological polar surface area (TPSA) is 93.3 Å². The Morgan fingerprint density at radius 1 is 0.958 bits per heavy atom. The van der Waals surface area contributed by atoms with Gasteiger partial charge in [0, 0.05) is 30.1 Å². The largest absolute Gasteiger partial charge is 0.269 e. The van der Waals surface area contributed by atoms with Gasteiger partial charge in [0.2, 0.25) is 5.95 Å². The Hall–Kier alpha value is -3.61. The normalized spacial score (nSPS) is 10.7. The molecule has 0 unspecified atom stereocenters. The average molecular weight is 319 g/mol. The molecular weight excluding hydrogens is 306 g/mol. The molecule has 118 valence electrons. The Balaban J connectivity index is 1.63. The highest BCUT2D eigenvalue weighted by atomic mass is 16.6. The zero-order valence-corrected chi connectivity index (χ0v) is 12.5. The van der Waals surface area contributed by atoms with Crippen molar-refractivity contribution in [1.29, 1.82) is 0 Å². The summed E-state index contributed by atoms with van der Waals surface area (Å²) in [6.07, 6.45) is 4.97. The van der Waals surface area contributed by atoms with Crippen LogP contribution in [0.25, 0.3) is 11.1 Å². The maximum atomic E-state index is 10.6. The van der Waals surface area contributed by atoms with E-state index in [9.17, 15) is 10.1 Å². The van der Waals surface area contributed by atoms with Gasteiger partial charge in [-0.25, -0.2) is 15.4 Å². The molecule has 2 aromatic carbocycles. The maximum absolute atomic E-state index is 10.6. The van der Waals surface area contributed by atoms with E-state index in [1.165, 1.54) is 18.3 Å². The highest BCUT2D eigenvalue weighted by Crippen LogP contribution is 2.17. The van der Waals surface area contributed by atoms with Gasteiger partial charge in [0.25, 0.3) is 5.69 Å². The minimum atomic E-state index is -0.443. The number of aromatic nitrogens is 2. The third kappa shape index (κ3) is 3.77. The lowest BCUT2D eigenvalue weighted by atomic mass is 10.1. The van der Waals surface area contributed by atoms with Crippen molar-refractivity contribution in [3.63, 3.8) is 0 Å². The van der Waals surface area contributed by atoms with E-state index < -0.39 is 4.92 Å². The SMILES string of the molecule is O=[N+]([O-])c1ccc(/C=N/Nc2ncc(-c3ccccc3)cn2)cc1. The fraction of sp³-hybridized carbons (Fsp3) is 0. The first kappa shape index (κ1) is 15.3. The second kappa shape index (κ2) is 7.10. The first-order valence-corrected chi connectivity index (χ1v) is 7.13. The predicted molar refractivity (Wildman–Crippen MR) is 91.8 cm³/mol. The maximum Gasteiger partial charge on any atom is 0.269 e. The summed E-state index contributed by atoms with van der Waals surface area (Å²) in [4.78, 5) is 18.5. The Kier molecular flexibility index (Phi) is 4.52. The van der Waals surface area contributed by atoms with Crippen LogP contribution in [-0.2, 0) is 0 Å². The average Bonchev–Trinajstić information content (AvgIpc) is 2.63. The fourth-order valence-corrected chi connectivity index (χ4v) is 2.01. The molecule has 0 bridgehead atoms. The number of nitro benzene ring substituents is 1. The molecule has 3 aromatic rings. The molecule has 0 aliphatic carbocycles. The second-order valence-corrected chi connectivity index (χ2v) is 4.88. The van der Waals surface area contributed by atoms with Crippen LogP contribution in [0.5, 0.6) is 0 Å². The Morgan fingerprint density at radius 2 is 1.62 bits per heavy atom. The summed E-state index contributed by atoms with van der Waals surface area (Å²) in [7, 11) is 0. The van der Waals surface area contributed by atoms with E-state index in [1.54, 1.807) is 24.5 Å². The molecule has 3 rings (SSSR count). The van der Waals surface area contributed by atoms with Gasteiger partial charge in [-0.15, -0.1) is 0 Å². The molecule has 0 amide bonds. The number of hydrogen-bond donors (Lipinski definition) is 1. The van der Waals surface area contributed by atoms with Gasteiger partial charge in [0.15, 0.2) is 0 Å². The summed E-state index contributed by atoms with van der Waals surface area (Å²) in [6.45, 7) is 0. The number of hydrogen-bond acceptors (Lipinski definition) is 6. The molecule has 0 spiro atoms. The molecule has 0 fully saturated rings. The second-order valence-electron chi connectivity index (χ2n) is 4.88. The van der Waals surface area contributed by atoms with Crippen molar-refractivity contribution in [1.82, 2.24) is 9.97 Å². The van der Waals surface area contributed by atoms with E-state index in [2.05, 4.69) is 20.5 Å². The molecule has 24 heavy (non-hydrogen) atoms. The van der Waals surface area contributed by atoms with Crippen LogP contribution in [0.15, 0.2) is 72.1 Å². The summed E-state index contributed by atoms with van der Waals surface area (Å²) in [5, 5.41) is 14.6. The minimum Gasteiger partial charge on any atom is -0.258 e. The van der Waals surface area contributed by atoms with Crippen LogP contribution >= 0.6 is 0 Å². The van der Waals surface area contributed by atoms with Crippen LogP contribution in [-0.4, -0.2) is 21.1 Å². The fourth-order valence-electron chi connectivity index (χ4n) is 2.01. The molecule has 7 heteroatoms. The molecule has 0 radical (unpaired) electrons. The number of nitro groups is 1. The zero-order valence-electron chi connectivity index (χ0n) is 12.5. The van der Waals surface area contributed by atoms with Crippen LogP contribution in [0.4, 0.5) is 11.6 Å². The number of anilines is 1. The van der Waals surface area contributed by atoms with Gasteiger partial charge >= 0.3 is 0 Å². The molecule has 0 atom stereocenters. The summed E-state index contributed by atoms with van der Waals surface area (Å²) < 4.78 is 0. The molecule has 0 saturated heterocycles. The first-order valence-electron chi connectivity index (χ1n) is 7.13. The third-order valence-corrected chi connectivity index (χ3v) is 3.24. The molecule has 0 saturated carbocycles. The van der Waals surface area contributed by atoms with Crippen LogP contribution < -0.4 is 5.43 Å². The molecule has 0 aliphatic heterocycles. The van der Waals surface area contributed by atoms with Gasteiger partial charge in [-0.1, -0.05) is 30.3 Å². The van der Waals surface area contributed by atoms with Crippen molar-refractivity contribution < 1.29 is 4.92 Å². The van der Waals surface area contributed by atoms with E-state index in [0.717, 1.165) is 16.7 Å². The smallest absolute Gasteiger partial charge is 0.258 e. The summed E-state index contributed by atoms with van der Waals surface area (Å²) in [6, 6.07) is 15.9. The van der Waals surface area contributed by atoms with Gasteiger partial charge in [-0.3, -0.25) is 10.1 Å². The van der Waals surface area contributed by atoms with Crippen molar-refractivity contribution in [2.75, 3.05) is 5.43 Å². The van der Waals surface area contributed by atoms with Crippen molar-refractivity contribution in [2.24, 2.45) is 5.10 Å². The number of nitrogens with zero attached hydrogens (tertiary/aromatic N) is 4. The quantitative estimate of drug-likeness (QED) is 0.441. The van der Waals surface area contributed by atoms with Gasteiger partial charge in [0.05, 0.1) is 11.1 Å². The van der Waals surface area contributed by atoms with Crippen LogP contribution in [0.1, 0.15) is 5.56 Å². The van der Waals surface area contributed by atoms with Gasteiger partial charge in [0.1, 0.15) is 0 Å². The number of hydrazone groups is 1. The summed E-state index contributed by atoms with van der Waals surface area (Å²) in [5.74, 6) is 0.368. The van der Waals surface area contributed by atoms with Crippen molar-refractivity contribution >= 4 is 17.9 Å². The molecule has 7 nitrogen and oxygen atoms in total. The lowest BCUT2D eigenvalue weighted by Gasteiger charge is -2.02. The zero-order chi connectivity index (χ0) is 16.8. The van der Waals surface area contributed by atoms with Crippen molar-refractivity contribution in [3.8, 4) is 11.1 Å². The Labute approximate surface area is 137 Å². The predicted octanol–water partition coefficient (Wildman–Crippen LogP) is 3.50. The standard InChI is InChI=1S/C17H13N5O2/c23-22(24)16-8-6-13(7-9-16)10-20-21-17-18-11-15(12-19-17)14-4-2-1-3-5-14/h1-12H,(H,18,19,21)/b20-10+. The molecule has 1 heterocycles. The minimum absolute atomic E-state index is 0.0416. The summed E-state index contributed by atoms with van der Waals surface area (Å²) in [5.41, 5.74) is 5.45. The number of non-ortho nitro benzene ring substituents is 1. The number of benzene rings is 2. The highest BCUT2D eigenvalue weighted by Gasteiger charge is 2.02. The van der Waals surface area contributed by atoms with E-state index in [-0.39, 0.29) is 5.69 Å². The van der Waals surface area contributed by atoms with Crippen LogP contribution in [0.2, 0.25) is 0 Å². The van der Waals surface area contributed by atoms with Crippen molar-refractivity contribution in [2.45, 2.75) is 0 Å². The third-order valence-electron chi connectivity index (χ3n) is 3.24. The van der Waals surface area contributed by atoms with E-state index in [4.69, 9.17) is 0 Å². The van der Waals surface area contributed by atoms with Gasteiger partial charge in [-0.2, -0.15) is 5.10 Å². The van der Waals surface area contributed by atoms with E-state index >= 15 is 0 Å². The Morgan fingerprint density at radius 3 is 2.25 bits per heavy atom. The first-order chi connectivity index (χ1) is 11.7.